The first kappa shape index (κ1) is 17.0. The average Bonchev–Trinajstić information content (AvgIpc) is 2.77. The van der Waals surface area contributed by atoms with E-state index in [0.717, 1.165) is 25.4 Å². The molecular weight excluding hydrogens is 326 g/mol. The highest BCUT2D eigenvalue weighted by Gasteiger charge is 2.31. The van der Waals surface area contributed by atoms with Gasteiger partial charge in [0.25, 0.3) is 0 Å². The van der Waals surface area contributed by atoms with E-state index in [1.807, 2.05) is 6.20 Å². The molecule has 1 aliphatic carbocycles. The van der Waals surface area contributed by atoms with Crippen molar-refractivity contribution in [2.45, 2.75) is 77.8 Å². The normalized spacial score (nSPS) is 23.5. The van der Waals surface area contributed by atoms with Crippen LogP contribution in [-0.4, -0.2) is 21.9 Å². The molecule has 2 atom stereocenters. The second kappa shape index (κ2) is 7.28. The van der Waals surface area contributed by atoms with Crippen LogP contribution in [0, 0.1) is 5.92 Å². The molecule has 1 heterocycles. The summed E-state index contributed by atoms with van der Waals surface area (Å²) >= 11 is 3.74. The number of hydrogen-bond donors (Lipinski definition) is 1. The van der Waals surface area contributed by atoms with Gasteiger partial charge in [-0.25, -0.2) is 0 Å². The maximum atomic E-state index is 4.57. The third-order valence-electron chi connectivity index (χ3n) is 4.42. The van der Waals surface area contributed by atoms with Crippen molar-refractivity contribution in [1.29, 1.82) is 0 Å². The number of rotatable bonds is 5. The monoisotopic (exact) mass is 355 g/mol. The molecule has 1 aliphatic rings. The third kappa shape index (κ3) is 4.56. The molecule has 0 aliphatic heterocycles. The zero-order valence-electron chi connectivity index (χ0n) is 14.0. The largest absolute Gasteiger partial charge is 0.312 e. The Morgan fingerprint density at radius 2 is 2.05 bits per heavy atom. The van der Waals surface area contributed by atoms with Crippen LogP contribution in [0.5, 0.6) is 0 Å². The molecule has 2 unspecified atom stereocenters. The molecule has 1 aromatic heterocycles. The second-order valence-corrected chi connectivity index (χ2v) is 8.24. The minimum Gasteiger partial charge on any atom is -0.312 e. The van der Waals surface area contributed by atoms with Crippen molar-refractivity contribution >= 4 is 15.9 Å². The number of nitrogens with one attached hydrogen (secondary N) is 1. The van der Waals surface area contributed by atoms with Gasteiger partial charge >= 0.3 is 0 Å². The van der Waals surface area contributed by atoms with Crippen molar-refractivity contribution < 1.29 is 0 Å². The second-order valence-electron chi connectivity index (χ2n) is 7.38. The van der Waals surface area contributed by atoms with Crippen molar-refractivity contribution in [1.82, 2.24) is 15.1 Å². The van der Waals surface area contributed by atoms with Crippen molar-refractivity contribution in [2.75, 3.05) is 6.54 Å². The SMILES string of the molecule is CCCn1ncc(Br)c1C1CCCCC1CNC(C)(C)C. The van der Waals surface area contributed by atoms with Gasteiger partial charge in [-0.05, 0) is 68.4 Å². The van der Waals surface area contributed by atoms with Gasteiger partial charge in [0.2, 0.25) is 0 Å². The zero-order valence-corrected chi connectivity index (χ0v) is 15.5. The molecule has 0 amide bonds. The highest BCUT2D eigenvalue weighted by atomic mass is 79.9. The summed E-state index contributed by atoms with van der Waals surface area (Å²) in [6, 6.07) is 0. The first-order chi connectivity index (χ1) is 9.92. The standard InChI is InChI=1S/C17H30BrN3/c1-5-10-21-16(15(18)12-20-21)14-9-7-6-8-13(14)11-19-17(2,3)4/h12-14,19H,5-11H2,1-4H3. The molecule has 3 nitrogen and oxygen atoms in total. The van der Waals surface area contributed by atoms with Crippen LogP contribution in [0.2, 0.25) is 0 Å². The van der Waals surface area contributed by atoms with E-state index in [9.17, 15) is 0 Å². The lowest BCUT2D eigenvalue weighted by Gasteiger charge is -2.34. The first-order valence-electron chi connectivity index (χ1n) is 8.38. The van der Waals surface area contributed by atoms with E-state index in [4.69, 9.17) is 0 Å². The molecule has 1 aromatic rings. The fourth-order valence-electron chi connectivity index (χ4n) is 3.38. The molecule has 120 valence electrons. The van der Waals surface area contributed by atoms with E-state index >= 15 is 0 Å². The minimum absolute atomic E-state index is 0.197. The van der Waals surface area contributed by atoms with Gasteiger partial charge < -0.3 is 5.32 Å². The summed E-state index contributed by atoms with van der Waals surface area (Å²) in [6.07, 6.45) is 8.46. The summed E-state index contributed by atoms with van der Waals surface area (Å²) in [7, 11) is 0. The van der Waals surface area contributed by atoms with Gasteiger partial charge in [-0.1, -0.05) is 19.8 Å². The van der Waals surface area contributed by atoms with E-state index in [2.05, 4.69) is 58.7 Å². The topological polar surface area (TPSA) is 29.9 Å². The van der Waals surface area contributed by atoms with E-state index in [1.54, 1.807) is 0 Å². The molecule has 0 radical (unpaired) electrons. The number of halogens is 1. The fraction of sp³-hybridized carbons (Fsp3) is 0.824. The molecular formula is C17H30BrN3. The molecule has 1 fully saturated rings. The molecule has 1 N–H and O–H groups in total. The molecule has 0 spiro atoms. The van der Waals surface area contributed by atoms with Crippen molar-refractivity contribution in [3.8, 4) is 0 Å². The molecule has 0 aromatic carbocycles. The Labute approximate surface area is 138 Å². The molecule has 2 rings (SSSR count). The lowest BCUT2D eigenvalue weighted by atomic mass is 9.77. The van der Waals surface area contributed by atoms with Crippen LogP contribution in [0.4, 0.5) is 0 Å². The predicted octanol–water partition coefficient (Wildman–Crippen LogP) is 4.72. The summed E-state index contributed by atoms with van der Waals surface area (Å²) in [5.74, 6) is 1.36. The van der Waals surface area contributed by atoms with Gasteiger partial charge in [-0.2, -0.15) is 5.10 Å². The lowest BCUT2D eigenvalue weighted by Crippen LogP contribution is -2.41. The van der Waals surface area contributed by atoms with E-state index in [-0.39, 0.29) is 5.54 Å². The van der Waals surface area contributed by atoms with Crippen molar-refractivity contribution in [2.24, 2.45) is 5.92 Å². The number of nitrogens with zero attached hydrogens (tertiary/aromatic N) is 2. The van der Waals surface area contributed by atoms with Gasteiger partial charge in [0, 0.05) is 18.0 Å². The Bertz CT molecular complexity index is 447. The lowest BCUT2D eigenvalue weighted by molar-refractivity contribution is 0.259. The number of aromatic nitrogens is 2. The molecule has 4 heteroatoms. The van der Waals surface area contributed by atoms with Crippen LogP contribution in [0.3, 0.4) is 0 Å². The van der Waals surface area contributed by atoms with E-state index < -0.39 is 0 Å². The smallest absolute Gasteiger partial charge is 0.0635 e. The Balaban J connectivity index is 2.16. The summed E-state index contributed by atoms with van der Waals surface area (Å²) < 4.78 is 3.42. The van der Waals surface area contributed by atoms with Crippen LogP contribution in [0.1, 0.15) is 71.4 Å². The minimum atomic E-state index is 0.197. The van der Waals surface area contributed by atoms with Crippen LogP contribution in [0.25, 0.3) is 0 Å². The van der Waals surface area contributed by atoms with Crippen LogP contribution >= 0.6 is 15.9 Å². The summed E-state index contributed by atoms with van der Waals surface area (Å²) in [4.78, 5) is 0. The third-order valence-corrected chi connectivity index (χ3v) is 5.03. The Morgan fingerprint density at radius 3 is 2.71 bits per heavy atom. The Morgan fingerprint density at radius 1 is 1.33 bits per heavy atom. The van der Waals surface area contributed by atoms with Crippen molar-refractivity contribution in [3.63, 3.8) is 0 Å². The van der Waals surface area contributed by atoms with E-state index in [0.29, 0.717) is 5.92 Å². The first-order valence-corrected chi connectivity index (χ1v) is 9.18. The molecule has 0 bridgehead atoms. The number of hydrogen-bond acceptors (Lipinski definition) is 2. The highest BCUT2D eigenvalue weighted by Crippen LogP contribution is 2.40. The van der Waals surface area contributed by atoms with Crippen molar-refractivity contribution in [3.05, 3.63) is 16.4 Å². The van der Waals surface area contributed by atoms with Gasteiger partial charge in [0.1, 0.15) is 0 Å². The molecule has 0 saturated heterocycles. The number of aryl methyl sites for hydroxylation is 1. The quantitative estimate of drug-likeness (QED) is 0.827. The van der Waals surface area contributed by atoms with E-state index in [1.165, 1.54) is 35.8 Å². The summed E-state index contributed by atoms with van der Waals surface area (Å²) in [5.41, 5.74) is 1.63. The maximum absolute atomic E-state index is 4.57. The fourth-order valence-corrected chi connectivity index (χ4v) is 3.97. The zero-order chi connectivity index (χ0) is 15.5. The van der Waals surface area contributed by atoms with Gasteiger partial charge in [0.05, 0.1) is 16.4 Å². The maximum Gasteiger partial charge on any atom is 0.0635 e. The summed E-state index contributed by atoms with van der Waals surface area (Å²) in [5, 5.41) is 8.28. The molecule has 1 saturated carbocycles. The Kier molecular flexibility index (Phi) is 5.89. The van der Waals surface area contributed by atoms with Gasteiger partial charge in [-0.15, -0.1) is 0 Å². The summed E-state index contributed by atoms with van der Waals surface area (Å²) in [6.45, 7) is 11.1. The van der Waals surface area contributed by atoms with Gasteiger partial charge in [-0.3, -0.25) is 4.68 Å². The highest BCUT2D eigenvalue weighted by molar-refractivity contribution is 9.10. The van der Waals surface area contributed by atoms with Crippen LogP contribution in [-0.2, 0) is 6.54 Å². The Hall–Kier alpha value is -0.350. The molecule has 21 heavy (non-hydrogen) atoms. The predicted molar refractivity (Wildman–Crippen MR) is 92.7 cm³/mol. The van der Waals surface area contributed by atoms with Crippen LogP contribution in [0.15, 0.2) is 10.7 Å². The van der Waals surface area contributed by atoms with Gasteiger partial charge in [0.15, 0.2) is 0 Å². The average molecular weight is 356 g/mol. The van der Waals surface area contributed by atoms with Crippen LogP contribution < -0.4 is 5.32 Å².